The first-order valence-corrected chi connectivity index (χ1v) is 4.04. The van der Waals surface area contributed by atoms with Crippen molar-refractivity contribution in [1.82, 2.24) is 9.97 Å². The van der Waals surface area contributed by atoms with Crippen LogP contribution in [0, 0.1) is 11.3 Å². The number of nitriles is 1. The largest absolute Gasteiger partial charge is 0.238 e. The summed E-state index contributed by atoms with van der Waals surface area (Å²) in [5.41, 5.74) is -0.398. The fourth-order valence-electron chi connectivity index (χ4n) is 1.07. The van der Waals surface area contributed by atoms with Gasteiger partial charge in [-0.3, -0.25) is 0 Å². The van der Waals surface area contributed by atoms with Crippen LogP contribution >= 0.6 is 11.6 Å². The zero-order valence-electron chi connectivity index (χ0n) is 6.29. The van der Waals surface area contributed by atoms with E-state index in [0.717, 1.165) is 12.8 Å². The highest BCUT2D eigenvalue weighted by molar-refractivity contribution is 6.30. The van der Waals surface area contributed by atoms with Crippen molar-refractivity contribution in [1.29, 1.82) is 5.26 Å². The van der Waals surface area contributed by atoms with Gasteiger partial charge in [0, 0.05) is 12.4 Å². The highest BCUT2D eigenvalue weighted by Gasteiger charge is 2.47. The SMILES string of the molecule is N#CC1(c2ncc(Cl)cn2)CC1. The van der Waals surface area contributed by atoms with Crippen molar-refractivity contribution in [3.8, 4) is 6.07 Å². The van der Waals surface area contributed by atoms with Gasteiger partial charge in [0.05, 0.1) is 11.1 Å². The lowest BCUT2D eigenvalue weighted by Crippen LogP contribution is -2.07. The molecule has 1 fully saturated rings. The van der Waals surface area contributed by atoms with Crippen molar-refractivity contribution >= 4 is 11.6 Å². The van der Waals surface area contributed by atoms with Crippen molar-refractivity contribution in [2.24, 2.45) is 0 Å². The van der Waals surface area contributed by atoms with Crippen LogP contribution in [0.2, 0.25) is 5.02 Å². The fraction of sp³-hybridized carbons (Fsp3) is 0.375. The van der Waals surface area contributed by atoms with Gasteiger partial charge in [0.2, 0.25) is 0 Å². The first-order valence-electron chi connectivity index (χ1n) is 3.66. The third-order valence-electron chi connectivity index (χ3n) is 2.01. The van der Waals surface area contributed by atoms with Crippen LogP contribution < -0.4 is 0 Å². The molecule has 60 valence electrons. The van der Waals surface area contributed by atoms with E-state index in [0.29, 0.717) is 10.8 Å². The van der Waals surface area contributed by atoms with E-state index in [1.807, 2.05) is 0 Å². The summed E-state index contributed by atoms with van der Waals surface area (Å²) in [7, 11) is 0. The molecule has 0 amide bonds. The van der Waals surface area contributed by atoms with Crippen LogP contribution in [0.3, 0.4) is 0 Å². The van der Waals surface area contributed by atoms with E-state index in [-0.39, 0.29) is 0 Å². The maximum absolute atomic E-state index is 8.82. The van der Waals surface area contributed by atoms with Gasteiger partial charge in [-0.1, -0.05) is 11.6 Å². The average Bonchev–Trinajstić information content (AvgIpc) is 2.86. The highest BCUT2D eigenvalue weighted by Crippen LogP contribution is 2.45. The minimum Gasteiger partial charge on any atom is -0.238 e. The molecule has 0 saturated heterocycles. The molecule has 0 bridgehead atoms. The van der Waals surface area contributed by atoms with Crippen LogP contribution in [0.5, 0.6) is 0 Å². The molecule has 0 unspecified atom stereocenters. The number of aromatic nitrogens is 2. The van der Waals surface area contributed by atoms with Crippen LogP contribution in [0.4, 0.5) is 0 Å². The number of rotatable bonds is 1. The van der Waals surface area contributed by atoms with Gasteiger partial charge in [0.1, 0.15) is 11.2 Å². The summed E-state index contributed by atoms with van der Waals surface area (Å²) in [6.45, 7) is 0. The summed E-state index contributed by atoms with van der Waals surface area (Å²) in [5.74, 6) is 0.606. The van der Waals surface area contributed by atoms with Gasteiger partial charge in [0.15, 0.2) is 0 Å². The Morgan fingerprint density at radius 3 is 2.42 bits per heavy atom. The van der Waals surface area contributed by atoms with Crippen LogP contribution in [0.1, 0.15) is 18.7 Å². The van der Waals surface area contributed by atoms with E-state index < -0.39 is 5.41 Å². The fourth-order valence-corrected chi connectivity index (χ4v) is 1.17. The molecule has 0 atom stereocenters. The Hall–Kier alpha value is -1.14. The standard InChI is InChI=1S/C8H6ClN3/c9-6-3-11-7(12-4-6)8(5-10)1-2-8/h3-4H,1-2H2. The Morgan fingerprint density at radius 1 is 1.42 bits per heavy atom. The maximum Gasteiger partial charge on any atom is 0.148 e. The molecule has 1 aromatic heterocycles. The quantitative estimate of drug-likeness (QED) is 0.659. The Labute approximate surface area is 75.0 Å². The molecule has 0 spiro atoms. The summed E-state index contributed by atoms with van der Waals surface area (Å²) >= 11 is 5.62. The lowest BCUT2D eigenvalue weighted by atomic mass is 10.1. The first kappa shape index (κ1) is 7.51. The predicted molar refractivity (Wildman–Crippen MR) is 43.6 cm³/mol. The van der Waals surface area contributed by atoms with Gasteiger partial charge in [-0.15, -0.1) is 0 Å². The van der Waals surface area contributed by atoms with Crippen molar-refractivity contribution in [3.63, 3.8) is 0 Å². The van der Waals surface area contributed by atoms with Gasteiger partial charge in [-0.25, -0.2) is 9.97 Å². The van der Waals surface area contributed by atoms with Crippen molar-refractivity contribution in [2.45, 2.75) is 18.3 Å². The third-order valence-corrected chi connectivity index (χ3v) is 2.21. The molecule has 1 aromatic rings. The van der Waals surface area contributed by atoms with E-state index in [9.17, 15) is 0 Å². The maximum atomic E-state index is 8.82. The number of hydrogen-bond donors (Lipinski definition) is 0. The van der Waals surface area contributed by atoms with E-state index in [1.54, 1.807) is 0 Å². The number of hydrogen-bond acceptors (Lipinski definition) is 3. The second-order valence-corrected chi connectivity index (χ2v) is 3.36. The third kappa shape index (κ3) is 1.05. The smallest absolute Gasteiger partial charge is 0.148 e. The van der Waals surface area contributed by atoms with Crippen LogP contribution in [0.25, 0.3) is 0 Å². The Bertz CT molecular complexity index is 334. The molecule has 0 N–H and O–H groups in total. The molecule has 1 heterocycles. The molecule has 0 aliphatic heterocycles. The Morgan fingerprint density at radius 2 is 2.00 bits per heavy atom. The molecule has 4 heteroatoms. The van der Waals surface area contributed by atoms with Crippen molar-refractivity contribution < 1.29 is 0 Å². The topological polar surface area (TPSA) is 49.6 Å². The lowest BCUT2D eigenvalue weighted by molar-refractivity contribution is 0.796. The van der Waals surface area contributed by atoms with E-state index in [1.165, 1.54) is 12.4 Å². The monoisotopic (exact) mass is 179 g/mol. The zero-order chi connectivity index (χ0) is 8.60. The normalized spacial score (nSPS) is 18.3. The van der Waals surface area contributed by atoms with E-state index >= 15 is 0 Å². The molecular formula is C8H6ClN3. The second-order valence-electron chi connectivity index (χ2n) is 2.92. The predicted octanol–water partition coefficient (Wildman–Crippen LogP) is 1.69. The molecule has 1 aliphatic carbocycles. The van der Waals surface area contributed by atoms with Gasteiger partial charge in [-0.05, 0) is 12.8 Å². The van der Waals surface area contributed by atoms with Crippen molar-refractivity contribution in [2.75, 3.05) is 0 Å². The van der Waals surface area contributed by atoms with Crippen LogP contribution in [-0.4, -0.2) is 9.97 Å². The average molecular weight is 180 g/mol. The number of halogens is 1. The summed E-state index contributed by atoms with van der Waals surface area (Å²) in [4.78, 5) is 8.04. The lowest BCUT2D eigenvalue weighted by Gasteiger charge is -2.01. The number of nitrogens with zero attached hydrogens (tertiary/aromatic N) is 3. The Balaban J connectivity index is 2.37. The highest BCUT2D eigenvalue weighted by atomic mass is 35.5. The minimum atomic E-state index is -0.398. The Kier molecular flexibility index (Phi) is 1.52. The molecule has 1 aliphatic rings. The molecule has 12 heavy (non-hydrogen) atoms. The van der Waals surface area contributed by atoms with Crippen molar-refractivity contribution in [3.05, 3.63) is 23.2 Å². The molecule has 2 rings (SSSR count). The van der Waals surface area contributed by atoms with Gasteiger partial charge in [0.25, 0.3) is 0 Å². The van der Waals surface area contributed by atoms with Gasteiger partial charge in [-0.2, -0.15) is 5.26 Å². The summed E-state index contributed by atoms with van der Waals surface area (Å²) in [6, 6.07) is 2.22. The molecule has 0 aromatic carbocycles. The van der Waals surface area contributed by atoms with E-state index in [4.69, 9.17) is 16.9 Å². The molecule has 0 radical (unpaired) electrons. The molecule has 1 saturated carbocycles. The zero-order valence-corrected chi connectivity index (χ0v) is 7.04. The van der Waals surface area contributed by atoms with Crippen LogP contribution in [0.15, 0.2) is 12.4 Å². The van der Waals surface area contributed by atoms with Crippen LogP contribution in [-0.2, 0) is 5.41 Å². The minimum absolute atomic E-state index is 0.398. The molecular weight excluding hydrogens is 174 g/mol. The van der Waals surface area contributed by atoms with Gasteiger partial charge < -0.3 is 0 Å². The molecule has 3 nitrogen and oxygen atoms in total. The summed E-state index contributed by atoms with van der Waals surface area (Å²) < 4.78 is 0. The second kappa shape index (κ2) is 2.43. The van der Waals surface area contributed by atoms with E-state index in [2.05, 4.69) is 16.0 Å². The summed E-state index contributed by atoms with van der Waals surface area (Å²) in [6.07, 6.45) is 4.79. The van der Waals surface area contributed by atoms with Gasteiger partial charge >= 0.3 is 0 Å². The first-order chi connectivity index (χ1) is 5.77. The summed E-state index contributed by atoms with van der Waals surface area (Å²) in [5, 5.41) is 9.32.